The maximum Gasteiger partial charge on any atom is 0.157 e. The van der Waals surface area contributed by atoms with Crippen molar-refractivity contribution in [1.82, 2.24) is 15.5 Å². The summed E-state index contributed by atoms with van der Waals surface area (Å²) in [6.45, 7) is 1.01. The lowest BCUT2D eigenvalue weighted by Crippen LogP contribution is -2.19. The third-order valence-electron chi connectivity index (χ3n) is 2.67. The van der Waals surface area contributed by atoms with Crippen molar-refractivity contribution in [3.05, 3.63) is 19.3 Å². The number of rotatable bonds is 5. The minimum absolute atomic E-state index is 0.765. The fourth-order valence-corrected chi connectivity index (χ4v) is 4.49. The zero-order valence-corrected chi connectivity index (χ0v) is 14.3. The van der Waals surface area contributed by atoms with Gasteiger partial charge >= 0.3 is 0 Å². The zero-order chi connectivity index (χ0) is 12.5. The molecule has 3 rings (SSSR count). The minimum atomic E-state index is 0.765. The molecule has 2 aromatic rings. The van der Waals surface area contributed by atoms with Crippen molar-refractivity contribution >= 4 is 54.5 Å². The molecular weight excluding hydrogens is 398 g/mol. The molecule has 1 saturated carbocycles. The first-order valence-corrected chi connectivity index (χ1v) is 8.95. The van der Waals surface area contributed by atoms with Gasteiger partial charge in [0.05, 0.1) is 8.66 Å². The van der Waals surface area contributed by atoms with E-state index < -0.39 is 0 Å². The van der Waals surface area contributed by atoms with E-state index in [1.807, 2.05) is 0 Å². The fraction of sp³-hybridized carbons (Fsp3) is 0.455. The van der Waals surface area contributed by atoms with E-state index >= 15 is 0 Å². The van der Waals surface area contributed by atoms with E-state index in [2.05, 4.69) is 53.4 Å². The summed E-state index contributed by atoms with van der Waals surface area (Å²) in [5.41, 5.74) is 0. The number of hydrogen-bond donors (Lipinski definition) is 1. The van der Waals surface area contributed by atoms with Crippen LogP contribution in [0.2, 0.25) is 0 Å². The highest BCUT2D eigenvalue weighted by atomic mass is 79.9. The van der Waals surface area contributed by atoms with E-state index in [0.717, 1.165) is 42.2 Å². The van der Waals surface area contributed by atoms with E-state index in [1.165, 1.54) is 12.8 Å². The van der Waals surface area contributed by atoms with E-state index in [9.17, 15) is 0 Å². The molecule has 0 aliphatic heterocycles. The molecule has 3 nitrogen and oxygen atoms in total. The van der Waals surface area contributed by atoms with Gasteiger partial charge in [-0.1, -0.05) is 11.3 Å². The van der Waals surface area contributed by atoms with E-state index in [4.69, 9.17) is 0 Å². The number of aromatic nitrogens is 2. The Morgan fingerprint density at radius 2 is 2.11 bits per heavy atom. The maximum absolute atomic E-state index is 4.26. The van der Waals surface area contributed by atoms with Gasteiger partial charge < -0.3 is 5.32 Å². The van der Waals surface area contributed by atoms with Crippen molar-refractivity contribution in [1.29, 1.82) is 0 Å². The highest BCUT2D eigenvalue weighted by molar-refractivity contribution is 9.13. The Morgan fingerprint density at radius 3 is 2.78 bits per heavy atom. The summed E-state index contributed by atoms with van der Waals surface area (Å²) in [5.74, 6) is 0. The summed E-state index contributed by atoms with van der Waals surface area (Å²) in [6, 6.07) is 2.85. The average molecular weight is 409 g/mol. The van der Waals surface area contributed by atoms with Gasteiger partial charge in [-0.25, -0.2) is 0 Å². The van der Waals surface area contributed by atoms with Crippen molar-refractivity contribution < 1.29 is 0 Å². The van der Waals surface area contributed by atoms with Gasteiger partial charge in [0.15, 0.2) is 5.01 Å². The molecule has 0 bridgehead atoms. The lowest BCUT2D eigenvalue weighted by molar-refractivity contribution is 0.677. The molecule has 0 aromatic carbocycles. The molecule has 0 atom stereocenters. The summed E-state index contributed by atoms with van der Waals surface area (Å²) in [5, 5.41) is 14.1. The molecule has 7 heteroatoms. The lowest BCUT2D eigenvalue weighted by Gasteiger charge is -1.97. The molecule has 18 heavy (non-hydrogen) atoms. The fourth-order valence-electron chi connectivity index (χ4n) is 1.58. The van der Waals surface area contributed by atoms with E-state index in [0.29, 0.717) is 0 Å². The molecule has 0 saturated heterocycles. The van der Waals surface area contributed by atoms with Crippen LogP contribution in [0.15, 0.2) is 14.3 Å². The van der Waals surface area contributed by atoms with Gasteiger partial charge in [-0.15, -0.1) is 21.5 Å². The number of nitrogens with zero attached hydrogens (tertiary/aromatic N) is 2. The first-order valence-electron chi connectivity index (χ1n) is 5.73. The van der Waals surface area contributed by atoms with Crippen LogP contribution < -0.4 is 5.32 Å². The summed E-state index contributed by atoms with van der Waals surface area (Å²) < 4.78 is 2.18. The molecule has 0 unspecified atom stereocenters. The third kappa shape index (κ3) is 3.19. The van der Waals surface area contributed by atoms with Gasteiger partial charge in [0.25, 0.3) is 0 Å². The lowest BCUT2D eigenvalue weighted by atomic mass is 10.4. The standard InChI is InChI=1S/C11H11Br2N3S2/c12-7-5-8(17-10(7)13)11-16-15-9(18-11)3-4-14-6-1-2-6/h5-6,14H,1-4H2. The Kier molecular flexibility index (Phi) is 4.15. The van der Waals surface area contributed by atoms with Crippen molar-refractivity contribution in [2.75, 3.05) is 6.54 Å². The zero-order valence-electron chi connectivity index (χ0n) is 9.45. The molecule has 96 valence electrons. The molecule has 2 aromatic heterocycles. The quantitative estimate of drug-likeness (QED) is 0.809. The Balaban J connectivity index is 1.64. The van der Waals surface area contributed by atoms with Crippen LogP contribution in [0.3, 0.4) is 0 Å². The summed E-state index contributed by atoms with van der Waals surface area (Å²) in [4.78, 5) is 1.16. The van der Waals surface area contributed by atoms with Crippen LogP contribution in [0.1, 0.15) is 17.8 Å². The molecule has 0 amide bonds. The molecule has 0 radical (unpaired) electrons. The van der Waals surface area contributed by atoms with Crippen molar-refractivity contribution in [2.45, 2.75) is 25.3 Å². The molecule has 0 spiro atoms. The predicted molar refractivity (Wildman–Crippen MR) is 83.4 cm³/mol. The van der Waals surface area contributed by atoms with Crippen molar-refractivity contribution in [2.24, 2.45) is 0 Å². The second-order valence-electron chi connectivity index (χ2n) is 4.21. The maximum atomic E-state index is 4.26. The second-order valence-corrected chi connectivity index (χ2v) is 8.50. The topological polar surface area (TPSA) is 37.8 Å². The van der Waals surface area contributed by atoms with Gasteiger partial charge in [0.1, 0.15) is 5.01 Å². The van der Waals surface area contributed by atoms with Gasteiger partial charge in [0, 0.05) is 23.5 Å². The normalized spacial score (nSPS) is 15.2. The third-order valence-corrected chi connectivity index (χ3v) is 7.08. The summed E-state index contributed by atoms with van der Waals surface area (Å²) in [6.07, 6.45) is 3.64. The van der Waals surface area contributed by atoms with E-state index in [-0.39, 0.29) is 0 Å². The minimum Gasteiger partial charge on any atom is -0.314 e. The van der Waals surface area contributed by atoms with Crippen LogP contribution in [0, 0.1) is 0 Å². The van der Waals surface area contributed by atoms with Crippen LogP contribution in [0.5, 0.6) is 0 Å². The Labute approximate surface area is 130 Å². The number of thiophene rings is 1. The van der Waals surface area contributed by atoms with Crippen LogP contribution in [0.4, 0.5) is 0 Å². The molecule has 1 fully saturated rings. The van der Waals surface area contributed by atoms with Crippen LogP contribution in [-0.2, 0) is 6.42 Å². The Bertz CT molecular complexity index is 529. The van der Waals surface area contributed by atoms with Crippen LogP contribution in [-0.4, -0.2) is 22.8 Å². The van der Waals surface area contributed by atoms with E-state index in [1.54, 1.807) is 22.7 Å². The SMILES string of the molecule is Brc1cc(-c2nnc(CCNC3CC3)s2)sc1Br. The second kappa shape index (κ2) is 5.66. The highest BCUT2D eigenvalue weighted by Crippen LogP contribution is 2.39. The van der Waals surface area contributed by atoms with Gasteiger partial charge in [-0.2, -0.15) is 0 Å². The van der Waals surface area contributed by atoms with Crippen molar-refractivity contribution in [3.63, 3.8) is 0 Å². The number of hydrogen-bond acceptors (Lipinski definition) is 5. The van der Waals surface area contributed by atoms with Crippen LogP contribution >= 0.6 is 54.5 Å². The molecule has 1 aliphatic rings. The largest absolute Gasteiger partial charge is 0.314 e. The van der Waals surface area contributed by atoms with Gasteiger partial charge in [0.2, 0.25) is 0 Å². The number of halogens is 2. The van der Waals surface area contributed by atoms with Crippen molar-refractivity contribution in [3.8, 4) is 9.88 Å². The molecular formula is C11H11Br2N3S2. The molecule has 1 N–H and O–H groups in total. The molecule has 1 aliphatic carbocycles. The highest BCUT2D eigenvalue weighted by Gasteiger charge is 2.20. The Hall–Kier alpha value is 0.180. The first kappa shape index (κ1) is 13.2. The van der Waals surface area contributed by atoms with Crippen LogP contribution in [0.25, 0.3) is 9.88 Å². The van der Waals surface area contributed by atoms with Gasteiger partial charge in [-0.05, 0) is 50.8 Å². The predicted octanol–water partition coefficient (Wildman–Crippen LogP) is 4.09. The summed E-state index contributed by atoms with van der Waals surface area (Å²) >= 11 is 10.4. The molecule has 2 heterocycles. The number of nitrogens with one attached hydrogen (secondary N) is 1. The smallest absolute Gasteiger partial charge is 0.157 e. The average Bonchev–Trinajstić information content (AvgIpc) is 2.94. The first-order chi connectivity index (χ1) is 8.72. The summed E-state index contributed by atoms with van der Waals surface area (Å²) in [7, 11) is 0. The Morgan fingerprint density at radius 1 is 1.28 bits per heavy atom. The monoisotopic (exact) mass is 407 g/mol. The van der Waals surface area contributed by atoms with Gasteiger partial charge in [-0.3, -0.25) is 0 Å².